The quantitative estimate of drug-likeness (QED) is 0.674. The van der Waals surface area contributed by atoms with Gasteiger partial charge in [0.05, 0.1) is 0 Å². The summed E-state index contributed by atoms with van der Waals surface area (Å²) in [6.07, 6.45) is 2.19. The van der Waals surface area contributed by atoms with E-state index in [1.54, 1.807) is 12.1 Å². The standard InChI is InChI=1S/C15H25FN2O/c1-12(6-5-9-19)18-15(2,11-17)10-13-7-3-4-8-14(13)16/h3-4,7-8,12,18-19H,5-6,9-11,17H2,1-2H3. The number of aliphatic hydroxyl groups is 1. The first-order valence-electron chi connectivity index (χ1n) is 6.83. The summed E-state index contributed by atoms with van der Waals surface area (Å²) in [4.78, 5) is 0. The van der Waals surface area contributed by atoms with Gasteiger partial charge in [0.1, 0.15) is 5.82 Å². The molecular formula is C15H25FN2O. The average molecular weight is 268 g/mol. The molecular weight excluding hydrogens is 243 g/mol. The molecule has 1 aromatic carbocycles. The van der Waals surface area contributed by atoms with E-state index in [1.165, 1.54) is 6.07 Å². The number of halogens is 1. The Kier molecular flexibility index (Phi) is 6.42. The first-order valence-corrected chi connectivity index (χ1v) is 6.83. The molecule has 0 amide bonds. The highest BCUT2D eigenvalue weighted by Crippen LogP contribution is 2.16. The van der Waals surface area contributed by atoms with Crippen molar-refractivity contribution in [2.75, 3.05) is 13.2 Å². The zero-order valence-corrected chi connectivity index (χ0v) is 11.8. The van der Waals surface area contributed by atoms with Gasteiger partial charge >= 0.3 is 0 Å². The fraction of sp³-hybridized carbons (Fsp3) is 0.600. The number of hydrogen-bond donors (Lipinski definition) is 3. The molecule has 0 heterocycles. The number of rotatable bonds is 8. The third-order valence-corrected chi connectivity index (χ3v) is 3.38. The van der Waals surface area contributed by atoms with Gasteiger partial charge in [-0.1, -0.05) is 18.2 Å². The van der Waals surface area contributed by atoms with Crippen molar-refractivity contribution in [2.45, 2.75) is 44.7 Å². The summed E-state index contributed by atoms with van der Waals surface area (Å²) in [6, 6.07) is 7.04. The van der Waals surface area contributed by atoms with Crippen molar-refractivity contribution in [3.63, 3.8) is 0 Å². The zero-order chi connectivity index (χ0) is 14.3. The molecule has 4 N–H and O–H groups in total. The Morgan fingerprint density at radius 3 is 2.68 bits per heavy atom. The Morgan fingerprint density at radius 1 is 1.42 bits per heavy atom. The molecule has 2 unspecified atom stereocenters. The molecule has 0 aliphatic carbocycles. The van der Waals surface area contributed by atoms with Crippen molar-refractivity contribution >= 4 is 0 Å². The van der Waals surface area contributed by atoms with Gasteiger partial charge in [-0.15, -0.1) is 0 Å². The maximum absolute atomic E-state index is 13.7. The predicted octanol–water partition coefficient (Wildman–Crippen LogP) is 1.84. The second-order valence-corrected chi connectivity index (χ2v) is 5.44. The highest BCUT2D eigenvalue weighted by Gasteiger charge is 2.25. The van der Waals surface area contributed by atoms with Gasteiger partial charge in [0.25, 0.3) is 0 Å². The molecule has 0 saturated carbocycles. The topological polar surface area (TPSA) is 58.3 Å². The number of benzene rings is 1. The molecule has 0 aromatic heterocycles. The van der Waals surface area contributed by atoms with Crippen LogP contribution < -0.4 is 11.1 Å². The molecule has 1 aromatic rings. The fourth-order valence-corrected chi connectivity index (χ4v) is 2.31. The van der Waals surface area contributed by atoms with E-state index in [0.29, 0.717) is 18.5 Å². The van der Waals surface area contributed by atoms with E-state index in [2.05, 4.69) is 12.2 Å². The van der Waals surface area contributed by atoms with Crippen molar-refractivity contribution < 1.29 is 9.50 Å². The van der Waals surface area contributed by atoms with Gasteiger partial charge in [-0.05, 0) is 44.7 Å². The van der Waals surface area contributed by atoms with Crippen LogP contribution in [0.4, 0.5) is 4.39 Å². The van der Waals surface area contributed by atoms with Gasteiger partial charge in [-0.25, -0.2) is 4.39 Å². The molecule has 0 radical (unpaired) electrons. The van der Waals surface area contributed by atoms with Crippen LogP contribution in [-0.4, -0.2) is 29.8 Å². The average Bonchev–Trinajstić information content (AvgIpc) is 2.39. The molecule has 0 spiro atoms. The zero-order valence-electron chi connectivity index (χ0n) is 11.8. The molecule has 0 bridgehead atoms. The predicted molar refractivity (Wildman–Crippen MR) is 76.5 cm³/mol. The van der Waals surface area contributed by atoms with Crippen molar-refractivity contribution in [1.82, 2.24) is 5.32 Å². The Morgan fingerprint density at radius 2 is 2.11 bits per heavy atom. The highest BCUT2D eigenvalue weighted by molar-refractivity contribution is 5.20. The third-order valence-electron chi connectivity index (χ3n) is 3.38. The van der Waals surface area contributed by atoms with Crippen LogP contribution >= 0.6 is 0 Å². The Hall–Kier alpha value is -0.970. The van der Waals surface area contributed by atoms with E-state index < -0.39 is 0 Å². The smallest absolute Gasteiger partial charge is 0.126 e. The van der Waals surface area contributed by atoms with Crippen LogP contribution in [0.3, 0.4) is 0 Å². The maximum Gasteiger partial charge on any atom is 0.126 e. The first-order chi connectivity index (χ1) is 9.00. The van der Waals surface area contributed by atoms with E-state index in [9.17, 15) is 4.39 Å². The van der Waals surface area contributed by atoms with Gasteiger partial charge in [0, 0.05) is 24.7 Å². The van der Waals surface area contributed by atoms with Crippen LogP contribution in [0.15, 0.2) is 24.3 Å². The minimum absolute atomic E-state index is 0.188. The summed E-state index contributed by atoms with van der Waals surface area (Å²) >= 11 is 0. The van der Waals surface area contributed by atoms with E-state index in [1.807, 2.05) is 13.0 Å². The molecule has 19 heavy (non-hydrogen) atoms. The summed E-state index contributed by atoms with van der Waals surface area (Å²) in [7, 11) is 0. The minimum atomic E-state index is -0.336. The molecule has 4 heteroatoms. The summed E-state index contributed by atoms with van der Waals surface area (Å²) in [5, 5.41) is 12.3. The second-order valence-electron chi connectivity index (χ2n) is 5.44. The summed E-state index contributed by atoms with van der Waals surface area (Å²) in [6.45, 7) is 4.70. The number of nitrogens with one attached hydrogen (secondary N) is 1. The van der Waals surface area contributed by atoms with Crippen LogP contribution in [0, 0.1) is 5.82 Å². The minimum Gasteiger partial charge on any atom is -0.396 e. The van der Waals surface area contributed by atoms with Crippen LogP contribution in [0.1, 0.15) is 32.3 Å². The van der Waals surface area contributed by atoms with Crippen molar-refractivity contribution in [3.8, 4) is 0 Å². The molecule has 0 aliphatic heterocycles. The van der Waals surface area contributed by atoms with E-state index in [4.69, 9.17) is 10.8 Å². The molecule has 0 aliphatic rings. The molecule has 3 nitrogen and oxygen atoms in total. The Balaban J connectivity index is 2.67. The monoisotopic (exact) mass is 268 g/mol. The van der Waals surface area contributed by atoms with Crippen molar-refractivity contribution in [2.24, 2.45) is 5.73 Å². The van der Waals surface area contributed by atoms with Crippen LogP contribution in [0.25, 0.3) is 0 Å². The lowest BCUT2D eigenvalue weighted by Crippen LogP contribution is -2.54. The molecule has 0 fully saturated rings. The maximum atomic E-state index is 13.7. The van der Waals surface area contributed by atoms with Crippen molar-refractivity contribution in [3.05, 3.63) is 35.6 Å². The van der Waals surface area contributed by atoms with Crippen LogP contribution in [0.2, 0.25) is 0 Å². The van der Waals surface area contributed by atoms with Gasteiger partial charge in [0.2, 0.25) is 0 Å². The summed E-state index contributed by atoms with van der Waals surface area (Å²) in [5.74, 6) is -0.188. The lowest BCUT2D eigenvalue weighted by Gasteiger charge is -2.33. The van der Waals surface area contributed by atoms with E-state index in [0.717, 1.165) is 12.8 Å². The fourth-order valence-electron chi connectivity index (χ4n) is 2.31. The second kappa shape index (κ2) is 7.58. The Bertz CT molecular complexity index is 386. The number of aliphatic hydroxyl groups excluding tert-OH is 1. The number of hydrogen-bond acceptors (Lipinski definition) is 3. The van der Waals surface area contributed by atoms with E-state index >= 15 is 0 Å². The number of nitrogens with two attached hydrogens (primary N) is 1. The third kappa shape index (κ3) is 5.27. The van der Waals surface area contributed by atoms with Crippen LogP contribution in [-0.2, 0) is 6.42 Å². The largest absolute Gasteiger partial charge is 0.396 e. The normalized spacial score (nSPS) is 16.1. The molecule has 108 valence electrons. The molecule has 0 saturated heterocycles. The lowest BCUT2D eigenvalue weighted by atomic mass is 9.91. The molecule has 1 rings (SSSR count). The van der Waals surface area contributed by atoms with E-state index in [-0.39, 0.29) is 24.0 Å². The van der Waals surface area contributed by atoms with Gasteiger partial charge in [-0.2, -0.15) is 0 Å². The van der Waals surface area contributed by atoms with Gasteiger partial charge in [-0.3, -0.25) is 0 Å². The van der Waals surface area contributed by atoms with Crippen molar-refractivity contribution in [1.29, 1.82) is 0 Å². The first kappa shape index (κ1) is 16.1. The Labute approximate surface area is 115 Å². The summed E-state index contributed by atoms with van der Waals surface area (Å²) < 4.78 is 13.7. The van der Waals surface area contributed by atoms with Gasteiger partial charge < -0.3 is 16.2 Å². The van der Waals surface area contributed by atoms with Gasteiger partial charge in [0.15, 0.2) is 0 Å². The SMILES string of the molecule is CC(CCCO)NC(C)(CN)Cc1ccccc1F. The molecule has 2 atom stereocenters. The van der Waals surface area contributed by atoms with Crippen LogP contribution in [0.5, 0.6) is 0 Å². The highest BCUT2D eigenvalue weighted by atomic mass is 19.1. The summed E-state index contributed by atoms with van der Waals surface area (Å²) in [5.41, 5.74) is 6.19. The lowest BCUT2D eigenvalue weighted by molar-refractivity contribution is 0.259.